The highest BCUT2D eigenvalue weighted by molar-refractivity contribution is 9.10. The van der Waals surface area contributed by atoms with E-state index in [0.717, 1.165) is 12.8 Å². The summed E-state index contributed by atoms with van der Waals surface area (Å²) in [7, 11) is 0. The maximum absolute atomic E-state index is 3.66. The minimum atomic E-state index is 1.11. The highest BCUT2D eigenvalue weighted by Gasteiger charge is 2.17. The number of benzene rings is 2. The first-order valence-electron chi connectivity index (χ1n) is 7.64. The molecule has 22 heavy (non-hydrogen) atoms. The van der Waals surface area contributed by atoms with Crippen molar-refractivity contribution in [3.63, 3.8) is 0 Å². The molecule has 2 aliphatic carbocycles. The minimum Gasteiger partial charge on any atom is -0.0648 e. The normalized spacial score (nSPS) is 15.4. The largest absolute Gasteiger partial charge is 0.0648 e. The molecule has 0 fully saturated rings. The van der Waals surface area contributed by atoms with Gasteiger partial charge in [-0.05, 0) is 60.1 Å². The Kier molecular flexibility index (Phi) is 3.83. The van der Waals surface area contributed by atoms with Gasteiger partial charge in [-0.15, -0.1) is 0 Å². The van der Waals surface area contributed by atoms with E-state index in [1.807, 2.05) is 0 Å². The van der Waals surface area contributed by atoms with Crippen molar-refractivity contribution >= 4 is 44.0 Å². The molecule has 0 aliphatic heterocycles. The molecule has 0 saturated carbocycles. The van der Waals surface area contributed by atoms with Gasteiger partial charge >= 0.3 is 0 Å². The molecule has 4 rings (SSSR count). The van der Waals surface area contributed by atoms with Crippen LogP contribution in [0.4, 0.5) is 0 Å². The zero-order chi connectivity index (χ0) is 15.1. The van der Waals surface area contributed by atoms with Crippen molar-refractivity contribution in [2.45, 2.75) is 25.7 Å². The Morgan fingerprint density at radius 3 is 1.55 bits per heavy atom. The molecule has 0 heterocycles. The fourth-order valence-corrected chi connectivity index (χ4v) is 4.48. The van der Waals surface area contributed by atoms with E-state index >= 15 is 0 Å². The third-order valence-corrected chi connectivity index (χ3v) is 5.97. The summed E-state index contributed by atoms with van der Waals surface area (Å²) in [5, 5.41) is 0. The molecule has 0 bridgehead atoms. The van der Waals surface area contributed by atoms with Crippen LogP contribution in [0.2, 0.25) is 0 Å². The number of fused-ring (bicyclic) bond motifs is 2. The minimum absolute atomic E-state index is 1.11. The monoisotopic (exact) mass is 414 g/mol. The Morgan fingerprint density at radius 1 is 0.682 bits per heavy atom. The van der Waals surface area contributed by atoms with Crippen molar-refractivity contribution in [2.24, 2.45) is 0 Å². The molecular weight excluding hydrogens is 400 g/mol. The van der Waals surface area contributed by atoms with Gasteiger partial charge in [0.2, 0.25) is 0 Å². The molecule has 0 saturated heterocycles. The number of hydrogen-bond acceptors (Lipinski definition) is 0. The zero-order valence-corrected chi connectivity index (χ0v) is 15.4. The first-order valence-corrected chi connectivity index (χ1v) is 9.23. The maximum atomic E-state index is 3.66. The average Bonchev–Trinajstić information content (AvgIpc) is 3.10. The predicted molar refractivity (Wildman–Crippen MR) is 101 cm³/mol. The second-order valence-corrected chi connectivity index (χ2v) is 7.79. The molecule has 0 atom stereocenters. The van der Waals surface area contributed by atoms with Crippen LogP contribution in [-0.4, -0.2) is 0 Å². The van der Waals surface area contributed by atoms with Crippen LogP contribution in [0, 0.1) is 0 Å². The van der Waals surface area contributed by atoms with E-state index in [4.69, 9.17) is 0 Å². The number of hydrogen-bond donors (Lipinski definition) is 0. The second kappa shape index (κ2) is 5.82. The van der Waals surface area contributed by atoms with Gasteiger partial charge in [0.05, 0.1) is 0 Å². The Balaban J connectivity index is 1.46. The lowest BCUT2D eigenvalue weighted by Gasteiger charge is -2.03. The van der Waals surface area contributed by atoms with Crippen molar-refractivity contribution in [2.75, 3.05) is 0 Å². The molecule has 2 aromatic rings. The molecule has 2 heteroatoms. The van der Waals surface area contributed by atoms with Crippen molar-refractivity contribution in [1.29, 1.82) is 0 Å². The molecule has 0 aromatic heterocycles. The van der Waals surface area contributed by atoms with Gasteiger partial charge in [0.1, 0.15) is 0 Å². The summed E-state index contributed by atoms with van der Waals surface area (Å²) in [6.07, 6.45) is 9.30. The number of rotatable bonds is 3. The van der Waals surface area contributed by atoms with Gasteiger partial charge in [0.15, 0.2) is 0 Å². The average molecular weight is 416 g/mol. The van der Waals surface area contributed by atoms with Crippen molar-refractivity contribution in [1.82, 2.24) is 0 Å². The van der Waals surface area contributed by atoms with E-state index in [-0.39, 0.29) is 0 Å². The summed E-state index contributed by atoms with van der Waals surface area (Å²) in [6.45, 7) is 0. The van der Waals surface area contributed by atoms with E-state index < -0.39 is 0 Å². The maximum Gasteiger partial charge on any atom is 0.0250 e. The highest BCUT2D eigenvalue weighted by atomic mass is 79.9. The van der Waals surface area contributed by atoms with Gasteiger partial charge in [0, 0.05) is 8.95 Å². The van der Waals surface area contributed by atoms with Crippen LogP contribution in [0.25, 0.3) is 12.2 Å². The fourth-order valence-electron chi connectivity index (χ4n) is 3.44. The molecule has 0 radical (unpaired) electrons. The molecule has 0 N–H and O–H groups in total. The van der Waals surface area contributed by atoms with Gasteiger partial charge in [-0.1, -0.05) is 79.4 Å². The summed E-state index contributed by atoms with van der Waals surface area (Å²) >= 11 is 7.32. The molecule has 2 aromatic carbocycles. The second-order valence-electron chi connectivity index (χ2n) is 6.08. The van der Waals surface area contributed by atoms with Gasteiger partial charge in [-0.3, -0.25) is 0 Å². The summed E-state index contributed by atoms with van der Waals surface area (Å²) in [6, 6.07) is 13.0. The van der Waals surface area contributed by atoms with Crippen LogP contribution in [-0.2, 0) is 12.8 Å². The number of halogens is 2. The Bertz CT molecular complexity index is 743. The van der Waals surface area contributed by atoms with Crippen LogP contribution < -0.4 is 0 Å². The van der Waals surface area contributed by atoms with Crippen molar-refractivity contribution in [3.05, 3.63) is 78.7 Å². The summed E-state index contributed by atoms with van der Waals surface area (Å²) in [5.74, 6) is 0. The van der Waals surface area contributed by atoms with E-state index in [9.17, 15) is 0 Å². The van der Waals surface area contributed by atoms with E-state index in [1.165, 1.54) is 44.0 Å². The predicted octanol–water partition coefficient (Wildman–Crippen LogP) is 6.57. The van der Waals surface area contributed by atoms with E-state index in [0.29, 0.717) is 0 Å². The zero-order valence-electron chi connectivity index (χ0n) is 12.2. The molecule has 0 amide bonds. The lowest BCUT2D eigenvalue weighted by Crippen LogP contribution is -1.89. The SMILES string of the molecule is Brc1cccc2c1C=C(CCC1=Cc3c(Br)cccc3C1)C2. The van der Waals surface area contributed by atoms with Gasteiger partial charge in [-0.25, -0.2) is 0 Å². The van der Waals surface area contributed by atoms with Crippen molar-refractivity contribution in [3.8, 4) is 0 Å². The summed E-state index contributed by atoms with van der Waals surface area (Å²) < 4.78 is 2.44. The lowest BCUT2D eigenvalue weighted by molar-refractivity contribution is 0.887. The Morgan fingerprint density at radius 2 is 1.14 bits per heavy atom. The van der Waals surface area contributed by atoms with E-state index in [2.05, 4.69) is 80.4 Å². The van der Waals surface area contributed by atoms with E-state index in [1.54, 1.807) is 11.1 Å². The molecule has 110 valence electrons. The molecule has 0 unspecified atom stereocenters. The first-order chi connectivity index (χ1) is 10.7. The molecule has 0 spiro atoms. The first kappa shape index (κ1) is 14.5. The van der Waals surface area contributed by atoms with Gasteiger partial charge in [0.25, 0.3) is 0 Å². The van der Waals surface area contributed by atoms with Crippen LogP contribution >= 0.6 is 31.9 Å². The van der Waals surface area contributed by atoms with Crippen LogP contribution in [0.1, 0.15) is 35.1 Å². The third-order valence-electron chi connectivity index (χ3n) is 4.59. The molecular formula is C20H16Br2. The van der Waals surface area contributed by atoms with Crippen molar-refractivity contribution < 1.29 is 0 Å². The number of allylic oxidation sites excluding steroid dienone is 2. The molecule has 0 nitrogen and oxygen atoms in total. The van der Waals surface area contributed by atoms with Crippen LogP contribution in [0.5, 0.6) is 0 Å². The fraction of sp³-hybridized carbons (Fsp3) is 0.200. The summed E-state index contributed by atoms with van der Waals surface area (Å²) in [4.78, 5) is 0. The third kappa shape index (κ3) is 2.63. The Labute approximate surface area is 148 Å². The van der Waals surface area contributed by atoms with Gasteiger partial charge < -0.3 is 0 Å². The Hall–Kier alpha value is -1.12. The van der Waals surface area contributed by atoms with Crippen LogP contribution in [0.3, 0.4) is 0 Å². The smallest absolute Gasteiger partial charge is 0.0250 e. The molecule has 2 aliphatic rings. The summed E-state index contributed by atoms with van der Waals surface area (Å²) in [5.41, 5.74) is 8.77. The quantitative estimate of drug-likeness (QED) is 0.531. The topological polar surface area (TPSA) is 0 Å². The van der Waals surface area contributed by atoms with Crippen LogP contribution in [0.15, 0.2) is 56.5 Å². The lowest BCUT2D eigenvalue weighted by atomic mass is 10.0. The standard InChI is InChI=1S/C20H16Br2/c21-19-5-1-3-15-9-13(11-17(15)19)7-8-14-10-16-4-2-6-20(22)18(16)12-14/h1-6,11-12H,7-10H2. The van der Waals surface area contributed by atoms with Gasteiger partial charge in [-0.2, -0.15) is 0 Å². The highest BCUT2D eigenvalue weighted by Crippen LogP contribution is 2.36.